The summed E-state index contributed by atoms with van der Waals surface area (Å²) in [5.74, 6) is -0.650. The molecule has 7 heteroatoms. The number of ether oxygens (including phenoxy) is 2. The van der Waals surface area contributed by atoms with Crippen molar-refractivity contribution in [2.75, 3.05) is 37.0 Å². The maximum atomic E-state index is 13.5. The predicted molar refractivity (Wildman–Crippen MR) is 110 cm³/mol. The number of nitrogens with one attached hydrogen (secondary N) is 1. The van der Waals surface area contributed by atoms with Crippen molar-refractivity contribution in [3.63, 3.8) is 0 Å². The molecule has 156 valence electrons. The second-order valence-electron chi connectivity index (χ2n) is 7.23. The van der Waals surface area contributed by atoms with E-state index in [9.17, 15) is 9.18 Å². The SMILES string of the molecule is COC(Cc1ccc(NCCCN2CC(C)Oc3cc(F)ccc32)cc1)C(=O)O. The lowest BCUT2D eigenvalue weighted by molar-refractivity contribution is -0.148. The number of aliphatic carboxylic acids is 1. The van der Waals surface area contributed by atoms with E-state index in [2.05, 4.69) is 10.2 Å². The minimum Gasteiger partial charge on any atom is -0.487 e. The fraction of sp³-hybridized carbons (Fsp3) is 0.409. The third-order valence-electron chi connectivity index (χ3n) is 4.94. The summed E-state index contributed by atoms with van der Waals surface area (Å²) >= 11 is 0. The van der Waals surface area contributed by atoms with Crippen LogP contribution in [0.25, 0.3) is 0 Å². The smallest absolute Gasteiger partial charge is 0.333 e. The van der Waals surface area contributed by atoms with E-state index >= 15 is 0 Å². The summed E-state index contributed by atoms with van der Waals surface area (Å²) in [6.45, 7) is 4.39. The van der Waals surface area contributed by atoms with Crippen molar-refractivity contribution in [1.82, 2.24) is 0 Å². The van der Waals surface area contributed by atoms with Crippen molar-refractivity contribution in [3.8, 4) is 5.75 Å². The van der Waals surface area contributed by atoms with E-state index in [1.165, 1.54) is 19.2 Å². The zero-order valence-corrected chi connectivity index (χ0v) is 16.7. The Hall–Kier alpha value is -2.80. The third-order valence-corrected chi connectivity index (χ3v) is 4.94. The largest absolute Gasteiger partial charge is 0.487 e. The second kappa shape index (κ2) is 9.60. The minimum atomic E-state index is -0.962. The van der Waals surface area contributed by atoms with Crippen LogP contribution in [0.2, 0.25) is 0 Å². The summed E-state index contributed by atoms with van der Waals surface area (Å²) in [6.07, 6.45) is 0.435. The number of hydrogen-bond donors (Lipinski definition) is 2. The molecule has 0 aromatic heterocycles. The lowest BCUT2D eigenvalue weighted by Gasteiger charge is -2.35. The minimum absolute atomic E-state index is 0.0199. The molecule has 2 aromatic carbocycles. The van der Waals surface area contributed by atoms with Gasteiger partial charge in [-0.25, -0.2) is 9.18 Å². The summed E-state index contributed by atoms with van der Waals surface area (Å²) in [5.41, 5.74) is 2.83. The van der Waals surface area contributed by atoms with Crippen LogP contribution in [0.5, 0.6) is 5.75 Å². The molecule has 2 unspecified atom stereocenters. The van der Waals surface area contributed by atoms with Crippen molar-refractivity contribution in [2.24, 2.45) is 0 Å². The summed E-state index contributed by atoms with van der Waals surface area (Å²) < 4.78 is 24.2. The number of carboxylic acid groups (broad SMARTS) is 1. The zero-order chi connectivity index (χ0) is 20.8. The molecule has 2 aromatic rings. The number of halogens is 1. The van der Waals surface area contributed by atoms with Crippen LogP contribution < -0.4 is 15.0 Å². The Labute approximate surface area is 170 Å². The first kappa shape index (κ1) is 20.9. The van der Waals surface area contributed by atoms with Crippen molar-refractivity contribution in [1.29, 1.82) is 0 Å². The van der Waals surface area contributed by atoms with Gasteiger partial charge in [-0.3, -0.25) is 0 Å². The molecule has 0 amide bonds. The molecule has 1 aliphatic rings. The maximum absolute atomic E-state index is 13.5. The summed E-state index contributed by atoms with van der Waals surface area (Å²) in [7, 11) is 1.40. The van der Waals surface area contributed by atoms with Crippen LogP contribution in [-0.4, -0.2) is 50.0 Å². The monoisotopic (exact) mass is 402 g/mol. The van der Waals surface area contributed by atoms with Gasteiger partial charge in [0.1, 0.15) is 17.7 Å². The van der Waals surface area contributed by atoms with Gasteiger partial charge in [0.25, 0.3) is 0 Å². The number of hydrogen-bond acceptors (Lipinski definition) is 5. The predicted octanol–water partition coefficient (Wildman–Crippen LogP) is 3.56. The van der Waals surface area contributed by atoms with E-state index in [0.29, 0.717) is 12.2 Å². The van der Waals surface area contributed by atoms with Crippen LogP contribution in [0.1, 0.15) is 18.9 Å². The van der Waals surface area contributed by atoms with Crippen LogP contribution in [0, 0.1) is 5.82 Å². The molecular formula is C22H27FN2O4. The quantitative estimate of drug-likeness (QED) is 0.625. The number of rotatable bonds is 9. The Kier molecular flexibility index (Phi) is 6.93. The molecule has 0 aliphatic carbocycles. The van der Waals surface area contributed by atoms with Crippen molar-refractivity contribution >= 4 is 17.3 Å². The van der Waals surface area contributed by atoms with Gasteiger partial charge in [0.2, 0.25) is 0 Å². The normalized spacial score (nSPS) is 16.7. The molecule has 0 saturated carbocycles. The molecule has 0 radical (unpaired) electrons. The van der Waals surface area contributed by atoms with Crippen LogP contribution in [0.3, 0.4) is 0 Å². The number of methoxy groups -OCH3 is 1. The van der Waals surface area contributed by atoms with Crippen LogP contribution in [0.4, 0.5) is 15.8 Å². The Morgan fingerprint density at radius 3 is 2.79 bits per heavy atom. The van der Waals surface area contributed by atoms with E-state index in [-0.39, 0.29) is 11.9 Å². The first-order valence-electron chi connectivity index (χ1n) is 9.76. The van der Waals surface area contributed by atoms with Gasteiger partial charge >= 0.3 is 5.97 Å². The molecule has 2 N–H and O–H groups in total. The Morgan fingerprint density at radius 2 is 2.10 bits per heavy atom. The average Bonchev–Trinajstić information content (AvgIpc) is 2.69. The van der Waals surface area contributed by atoms with Gasteiger partial charge in [-0.2, -0.15) is 0 Å². The van der Waals surface area contributed by atoms with Gasteiger partial charge in [-0.1, -0.05) is 12.1 Å². The zero-order valence-electron chi connectivity index (χ0n) is 16.7. The molecule has 0 saturated heterocycles. The van der Waals surface area contributed by atoms with Crippen LogP contribution >= 0.6 is 0 Å². The van der Waals surface area contributed by atoms with E-state index in [4.69, 9.17) is 14.6 Å². The van der Waals surface area contributed by atoms with Gasteiger partial charge in [-0.05, 0) is 43.2 Å². The lowest BCUT2D eigenvalue weighted by Crippen LogP contribution is -2.39. The van der Waals surface area contributed by atoms with Crippen molar-refractivity contribution in [3.05, 3.63) is 53.8 Å². The first-order valence-corrected chi connectivity index (χ1v) is 9.76. The molecule has 6 nitrogen and oxygen atoms in total. The van der Waals surface area contributed by atoms with E-state index in [0.717, 1.165) is 43.0 Å². The van der Waals surface area contributed by atoms with Gasteiger partial charge < -0.3 is 24.8 Å². The van der Waals surface area contributed by atoms with Crippen molar-refractivity contribution < 1.29 is 23.8 Å². The van der Waals surface area contributed by atoms with Gasteiger partial charge in [0, 0.05) is 38.4 Å². The number of carbonyl (C=O) groups is 1. The second-order valence-corrected chi connectivity index (χ2v) is 7.23. The Bertz CT molecular complexity index is 828. The molecule has 2 atom stereocenters. The van der Waals surface area contributed by atoms with Crippen molar-refractivity contribution in [2.45, 2.75) is 32.0 Å². The molecule has 0 spiro atoms. The number of fused-ring (bicyclic) bond motifs is 1. The molecular weight excluding hydrogens is 375 g/mol. The average molecular weight is 402 g/mol. The highest BCUT2D eigenvalue weighted by Crippen LogP contribution is 2.33. The summed E-state index contributed by atoms with van der Waals surface area (Å²) in [5, 5.41) is 12.4. The van der Waals surface area contributed by atoms with E-state index in [1.54, 1.807) is 6.07 Å². The fourth-order valence-corrected chi connectivity index (χ4v) is 3.46. The number of nitrogens with zero attached hydrogens (tertiary/aromatic N) is 1. The number of anilines is 2. The first-order chi connectivity index (χ1) is 14.0. The van der Waals surface area contributed by atoms with Gasteiger partial charge in [0.05, 0.1) is 12.2 Å². The number of carboxylic acids is 1. The standard InChI is InChI=1S/C22H27FN2O4/c1-15-14-25(19-9-6-17(23)13-20(19)29-15)11-3-10-24-18-7-4-16(5-8-18)12-21(28-2)22(26)27/h4-9,13,15,21,24H,3,10-12,14H2,1-2H3,(H,26,27). The molecule has 1 heterocycles. The fourth-order valence-electron chi connectivity index (χ4n) is 3.46. The molecule has 0 fully saturated rings. The highest BCUT2D eigenvalue weighted by atomic mass is 19.1. The lowest BCUT2D eigenvalue weighted by atomic mass is 10.1. The maximum Gasteiger partial charge on any atom is 0.333 e. The molecule has 29 heavy (non-hydrogen) atoms. The van der Waals surface area contributed by atoms with E-state index < -0.39 is 12.1 Å². The molecule has 0 bridgehead atoms. The van der Waals surface area contributed by atoms with E-state index in [1.807, 2.05) is 31.2 Å². The molecule has 3 rings (SSSR count). The summed E-state index contributed by atoms with van der Waals surface area (Å²) in [6, 6.07) is 12.4. The molecule has 1 aliphatic heterocycles. The van der Waals surface area contributed by atoms with Crippen LogP contribution in [0.15, 0.2) is 42.5 Å². The number of benzene rings is 2. The Balaban J connectivity index is 1.48. The highest BCUT2D eigenvalue weighted by molar-refractivity contribution is 5.72. The van der Waals surface area contributed by atoms with Crippen LogP contribution in [-0.2, 0) is 16.0 Å². The van der Waals surface area contributed by atoms with Gasteiger partial charge in [0.15, 0.2) is 6.10 Å². The third kappa shape index (κ3) is 5.60. The van der Waals surface area contributed by atoms with Gasteiger partial charge in [-0.15, -0.1) is 0 Å². The highest BCUT2D eigenvalue weighted by Gasteiger charge is 2.23. The Morgan fingerprint density at radius 1 is 1.34 bits per heavy atom. The topological polar surface area (TPSA) is 71.0 Å². The summed E-state index contributed by atoms with van der Waals surface area (Å²) in [4.78, 5) is 13.3.